The third-order valence-electron chi connectivity index (χ3n) is 6.45. The van der Waals surface area contributed by atoms with Gasteiger partial charge < -0.3 is 15.0 Å². The number of anilines is 1. The van der Waals surface area contributed by atoms with Crippen molar-refractivity contribution in [1.29, 1.82) is 0 Å². The lowest BCUT2D eigenvalue weighted by Gasteiger charge is -2.38. The summed E-state index contributed by atoms with van der Waals surface area (Å²) in [5.74, 6) is -6.20. The summed E-state index contributed by atoms with van der Waals surface area (Å²) in [5, 5.41) is 14.3. The normalized spacial score (nSPS) is 19.8. The van der Waals surface area contributed by atoms with Crippen molar-refractivity contribution < 1.29 is 35.6 Å². The van der Waals surface area contributed by atoms with E-state index in [2.05, 4.69) is 25.7 Å². The maximum absolute atomic E-state index is 15.3. The number of aromatic nitrogens is 6. The Morgan fingerprint density at radius 3 is 2.82 bits per heavy atom. The van der Waals surface area contributed by atoms with Gasteiger partial charge in [-0.05, 0) is 31.0 Å². The zero-order chi connectivity index (χ0) is 29.9. The average molecular weight is 541 g/mol. The van der Waals surface area contributed by atoms with Crippen LogP contribution < -0.4 is 10.1 Å². The third kappa shape index (κ3) is 4.35. The molecule has 1 saturated heterocycles. The summed E-state index contributed by atoms with van der Waals surface area (Å²) in [6, 6.07) is 1.57. The minimum Gasteiger partial charge on any atom is -0.479 e. The Kier molecular flexibility index (Phi) is 5.42. The van der Waals surface area contributed by atoms with E-state index in [0.717, 1.165) is 15.4 Å². The number of nitrogens with one attached hydrogen (secondary N) is 1. The highest BCUT2D eigenvalue weighted by Gasteiger charge is 2.46. The molecule has 0 aliphatic carbocycles. The maximum Gasteiger partial charge on any atom is 0.285 e. The molecule has 15 heteroatoms. The number of carbonyl (C=O) groups excluding carboxylic acids is 1. The van der Waals surface area contributed by atoms with Gasteiger partial charge in [0.2, 0.25) is 17.7 Å². The number of amides is 1. The van der Waals surface area contributed by atoms with E-state index in [1.807, 2.05) is 0 Å². The Labute approximate surface area is 216 Å². The fraction of sp³-hybridized carbons (Fsp3) is 0.435. The molecule has 10 nitrogen and oxygen atoms in total. The summed E-state index contributed by atoms with van der Waals surface area (Å²) in [6.07, 6.45) is -2.06. The van der Waals surface area contributed by atoms with Crippen LogP contribution in [0.4, 0.5) is 27.9 Å². The van der Waals surface area contributed by atoms with E-state index in [4.69, 9.17) is 8.85 Å². The predicted octanol–water partition coefficient (Wildman–Crippen LogP) is 3.78. The SMILES string of the molecule is [2H]C([2H])([2H])C(=O)N1CC[C@@H](Nc2nc(OC)c3c(-c4ccc5nnn([C@H](C)C(F)F)c5c4)c(F)cn3n2)C(F)(F)C1. The van der Waals surface area contributed by atoms with Crippen LogP contribution in [0.3, 0.4) is 0 Å². The van der Waals surface area contributed by atoms with Gasteiger partial charge in [-0.2, -0.15) is 4.98 Å². The molecule has 5 rings (SSSR count). The van der Waals surface area contributed by atoms with Crippen LogP contribution in [-0.4, -0.2) is 79.0 Å². The van der Waals surface area contributed by atoms with E-state index in [-0.39, 0.29) is 47.0 Å². The number of likely N-dealkylation sites (tertiary alicyclic amines) is 1. The third-order valence-corrected chi connectivity index (χ3v) is 6.45. The van der Waals surface area contributed by atoms with E-state index in [1.54, 1.807) is 0 Å². The molecule has 0 radical (unpaired) electrons. The van der Waals surface area contributed by atoms with E-state index >= 15 is 4.39 Å². The Morgan fingerprint density at radius 1 is 1.34 bits per heavy atom. The largest absolute Gasteiger partial charge is 0.479 e. The highest BCUT2D eigenvalue weighted by Crippen LogP contribution is 2.36. The van der Waals surface area contributed by atoms with E-state index in [0.29, 0.717) is 10.4 Å². The molecule has 3 aromatic heterocycles. The standard InChI is InChI=1S/C23H23F5N8O2/c1-11(20(25)26)36-16-8-13(4-5-15(16)31-33-36)18-14(24)9-35-19(18)21(38-3)30-22(32-35)29-17-6-7-34(12(2)37)10-23(17,27)28/h4-5,8-9,11,17,20H,6-7,10H2,1-3H3,(H,29,32)/t11-,17-/m1/s1/i2D3. The lowest BCUT2D eigenvalue weighted by Crippen LogP contribution is -2.55. The highest BCUT2D eigenvalue weighted by atomic mass is 19.3. The smallest absolute Gasteiger partial charge is 0.285 e. The number of alkyl halides is 4. The van der Waals surface area contributed by atoms with Gasteiger partial charge in [-0.15, -0.1) is 10.2 Å². The van der Waals surface area contributed by atoms with Crippen LogP contribution in [0, 0.1) is 5.82 Å². The van der Waals surface area contributed by atoms with Crippen molar-refractivity contribution in [3.8, 4) is 17.0 Å². The number of benzene rings is 1. The number of hydrogen-bond donors (Lipinski definition) is 1. The van der Waals surface area contributed by atoms with Crippen LogP contribution in [0.1, 0.15) is 30.4 Å². The topological polar surface area (TPSA) is 102 Å². The fourth-order valence-electron chi connectivity index (χ4n) is 4.45. The Balaban J connectivity index is 1.48. The molecule has 1 amide bonds. The van der Waals surface area contributed by atoms with E-state index in [9.17, 15) is 22.4 Å². The summed E-state index contributed by atoms with van der Waals surface area (Å²) in [5.41, 5.74) is 0.809. The summed E-state index contributed by atoms with van der Waals surface area (Å²) < 4.78 is 101. The molecule has 2 atom stereocenters. The molecule has 4 heterocycles. The number of ether oxygens (including phenoxy) is 1. The Bertz CT molecular complexity index is 1630. The first-order chi connectivity index (χ1) is 19.2. The van der Waals surface area contributed by atoms with Gasteiger partial charge in [0.15, 0.2) is 5.82 Å². The quantitative estimate of drug-likeness (QED) is 0.371. The Morgan fingerprint density at radius 2 is 2.13 bits per heavy atom. The maximum atomic E-state index is 15.3. The van der Waals surface area contributed by atoms with Gasteiger partial charge in [0, 0.05) is 17.5 Å². The van der Waals surface area contributed by atoms with Crippen LogP contribution in [0.2, 0.25) is 0 Å². The first-order valence-corrected chi connectivity index (χ1v) is 11.4. The number of carbonyl (C=O) groups is 1. The van der Waals surface area contributed by atoms with Crippen molar-refractivity contribution in [2.45, 2.75) is 44.6 Å². The van der Waals surface area contributed by atoms with E-state index < -0.39 is 49.6 Å². The summed E-state index contributed by atoms with van der Waals surface area (Å²) in [4.78, 5) is 16.7. The van der Waals surface area contributed by atoms with Gasteiger partial charge in [0.1, 0.15) is 17.1 Å². The number of halogens is 5. The minimum atomic E-state index is -3.54. The molecular weight excluding hydrogens is 515 g/mol. The van der Waals surface area contributed by atoms with Gasteiger partial charge in [0.05, 0.1) is 37.0 Å². The van der Waals surface area contributed by atoms with Crippen LogP contribution in [0.15, 0.2) is 24.4 Å². The molecule has 1 aliphatic heterocycles. The number of nitrogens with zero attached hydrogens (tertiary/aromatic N) is 7. The molecule has 0 bridgehead atoms. The molecule has 38 heavy (non-hydrogen) atoms. The molecule has 1 N–H and O–H groups in total. The van der Waals surface area contributed by atoms with Gasteiger partial charge in [-0.3, -0.25) is 4.79 Å². The molecule has 1 aliphatic rings. The monoisotopic (exact) mass is 541 g/mol. The average Bonchev–Trinajstić information content (AvgIpc) is 3.47. The molecule has 4 aromatic rings. The second-order valence-corrected chi connectivity index (χ2v) is 8.88. The molecule has 202 valence electrons. The van der Waals surface area contributed by atoms with Crippen molar-refractivity contribution in [2.75, 3.05) is 25.5 Å². The zero-order valence-electron chi connectivity index (χ0n) is 23.0. The number of fused-ring (bicyclic) bond motifs is 2. The summed E-state index contributed by atoms with van der Waals surface area (Å²) >= 11 is 0. The number of piperidine rings is 1. The van der Waals surface area contributed by atoms with Crippen molar-refractivity contribution in [3.63, 3.8) is 0 Å². The molecule has 0 spiro atoms. The van der Waals surface area contributed by atoms with Crippen molar-refractivity contribution in [3.05, 3.63) is 30.2 Å². The van der Waals surface area contributed by atoms with Gasteiger partial charge in [-0.25, -0.2) is 31.1 Å². The first-order valence-electron chi connectivity index (χ1n) is 12.9. The van der Waals surface area contributed by atoms with Crippen molar-refractivity contribution >= 4 is 28.4 Å². The summed E-state index contributed by atoms with van der Waals surface area (Å²) in [7, 11) is 1.24. The zero-order valence-corrected chi connectivity index (χ0v) is 20.0. The summed E-state index contributed by atoms with van der Waals surface area (Å²) in [6.45, 7) is -3.15. The fourth-order valence-corrected chi connectivity index (χ4v) is 4.45. The van der Waals surface area contributed by atoms with Crippen molar-refractivity contribution in [1.82, 2.24) is 34.5 Å². The first kappa shape index (κ1) is 22.0. The molecule has 0 saturated carbocycles. The van der Waals surface area contributed by atoms with Crippen LogP contribution in [0.25, 0.3) is 27.7 Å². The highest BCUT2D eigenvalue weighted by molar-refractivity contribution is 5.89. The number of rotatable bonds is 6. The van der Waals surface area contributed by atoms with Gasteiger partial charge in [0.25, 0.3) is 12.3 Å². The van der Waals surface area contributed by atoms with Crippen LogP contribution in [-0.2, 0) is 4.79 Å². The molecular formula is C23H23F5N8O2. The number of hydrogen-bond acceptors (Lipinski definition) is 7. The second-order valence-electron chi connectivity index (χ2n) is 8.88. The van der Waals surface area contributed by atoms with E-state index in [1.165, 1.54) is 32.2 Å². The van der Waals surface area contributed by atoms with Crippen LogP contribution in [0.5, 0.6) is 5.88 Å². The second kappa shape index (κ2) is 9.36. The lowest BCUT2D eigenvalue weighted by atomic mass is 10.0. The number of methoxy groups -OCH3 is 1. The molecule has 1 fully saturated rings. The molecule has 1 aromatic carbocycles. The minimum absolute atomic E-state index is 0.0328. The van der Waals surface area contributed by atoms with Gasteiger partial charge >= 0.3 is 0 Å². The van der Waals surface area contributed by atoms with Crippen LogP contribution >= 0.6 is 0 Å². The van der Waals surface area contributed by atoms with Crippen molar-refractivity contribution in [2.24, 2.45) is 0 Å². The predicted molar refractivity (Wildman–Crippen MR) is 126 cm³/mol. The molecule has 0 unspecified atom stereocenters. The lowest BCUT2D eigenvalue weighted by molar-refractivity contribution is -0.140. The van der Waals surface area contributed by atoms with Gasteiger partial charge in [-0.1, -0.05) is 11.3 Å². The Hall–Kier alpha value is -4.04.